The molecule has 1 aromatic rings. The maximum Gasteiger partial charge on any atom is 0.536 e. The number of nitrogens with zero attached hydrogens (tertiary/aromatic N) is 2. The van der Waals surface area contributed by atoms with Crippen molar-refractivity contribution < 1.29 is 61.4 Å². The third-order valence-corrected chi connectivity index (χ3v) is 6.97. The Balaban J connectivity index is 2.29. The molecule has 1 aromatic heterocycles. The summed E-state index contributed by atoms with van der Waals surface area (Å²) < 4.78 is 51.2. The Kier molecular flexibility index (Phi) is 7.07. The van der Waals surface area contributed by atoms with Crippen LogP contribution in [0.4, 0.5) is 5.82 Å². The minimum absolute atomic E-state index is 0.0524. The fourth-order valence-corrected chi connectivity index (χ4v) is 5.26. The van der Waals surface area contributed by atoms with Gasteiger partial charge in [0.25, 0.3) is 0 Å². The fourth-order valence-electron chi connectivity index (χ4n) is 2.23. The number of rotatable bonds is 8. The molecule has 166 valence electrons. The fraction of sp³-hybridized carbons (Fsp3) is 0.556. The first-order chi connectivity index (χ1) is 13.1. The van der Waals surface area contributed by atoms with E-state index in [1.54, 1.807) is 0 Å². The lowest BCUT2D eigenvalue weighted by molar-refractivity contribution is -0.0531. The second kappa shape index (κ2) is 8.51. The molecule has 17 nitrogen and oxygen atoms in total. The second-order valence-electron chi connectivity index (χ2n) is 5.50. The summed E-state index contributed by atoms with van der Waals surface area (Å²) in [5, 5.41) is 19.0. The summed E-state index contributed by atoms with van der Waals surface area (Å²) in [7, 11) is -17.0. The van der Waals surface area contributed by atoms with Crippen molar-refractivity contribution in [2.24, 2.45) is 0 Å². The van der Waals surface area contributed by atoms with Crippen molar-refractivity contribution in [1.82, 2.24) is 9.55 Å². The summed E-state index contributed by atoms with van der Waals surface area (Å²) in [5.41, 5.74) is 4.30. The average molecular weight is 483 g/mol. The number of ether oxygens (including phenoxy) is 1. The Morgan fingerprint density at radius 1 is 1.21 bits per heavy atom. The summed E-state index contributed by atoms with van der Waals surface area (Å²) in [6, 6.07) is 0. The first kappa shape index (κ1) is 24.1. The van der Waals surface area contributed by atoms with Crippen molar-refractivity contribution >= 4 is 29.3 Å². The molecule has 1 fully saturated rings. The summed E-state index contributed by atoms with van der Waals surface area (Å²) in [6.45, 7) is -0.473. The van der Waals surface area contributed by atoms with Crippen LogP contribution in [0, 0.1) is 0 Å². The molecule has 1 aliphatic rings. The zero-order valence-electron chi connectivity index (χ0n) is 14.0. The van der Waals surface area contributed by atoms with E-state index >= 15 is 0 Å². The van der Waals surface area contributed by atoms with E-state index in [9.17, 15) is 28.5 Å². The zero-order chi connectivity index (χ0) is 22.2. The maximum atomic E-state index is 12.0. The van der Waals surface area contributed by atoms with Gasteiger partial charge in [-0.15, -0.1) is 0 Å². The number of hydrogen-bond acceptors (Lipinski definition) is 12. The highest BCUT2D eigenvalue weighted by molar-refractivity contribution is 7.66. The van der Waals surface area contributed by atoms with Gasteiger partial charge < -0.3 is 39.9 Å². The Bertz CT molecular complexity index is 959. The number of hydrogen-bond donors (Lipinski definition) is 7. The smallest absolute Gasteiger partial charge is 0.398 e. The molecule has 20 heteroatoms. The molecule has 0 spiro atoms. The van der Waals surface area contributed by atoms with Gasteiger partial charge in [-0.25, -0.2) is 18.5 Å². The SMILES string of the molecule is Nc1nc(=O)n([C@@H]2O[C@H](CO)C[C@H]2O)cc1OP(=O)(O)OP(=O)(O)OP(=O)(O)O. The van der Waals surface area contributed by atoms with E-state index in [0.29, 0.717) is 10.8 Å². The van der Waals surface area contributed by atoms with Gasteiger partial charge in [-0.05, 0) is 0 Å². The minimum Gasteiger partial charge on any atom is -0.398 e. The summed E-state index contributed by atoms with van der Waals surface area (Å²) in [5.74, 6) is -1.63. The maximum absolute atomic E-state index is 12.0. The molecule has 0 bridgehead atoms. The molecule has 1 saturated heterocycles. The van der Waals surface area contributed by atoms with Gasteiger partial charge in [0, 0.05) is 6.42 Å². The van der Waals surface area contributed by atoms with Crippen LogP contribution < -0.4 is 15.9 Å². The van der Waals surface area contributed by atoms with Crippen molar-refractivity contribution in [3.05, 3.63) is 16.7 Å². The first-order valence-corrected chi connectivity index (χ1v) is 11.8. The van der Waals surface area contributed by atoms with Crippen LogP contribution in [0.2, 0.25) is 0 Å². The highest BCUT2D eigenvalue weighted by Crippen LogP contribution is 2.66. The van der Waals surface area contributed by atoms with Crippen molar-refractivity contribution in [2.75, 3.05) is 12.3 Å². The van der Waals surface area contributed by atoms with Crippen molar-refractivity contribution in [3.8, 4) is 5.75 Å². The largest absolute Gasteiger partial charge is 0.536 e. The average Bonchev–Trinajstić information content (AvgIpc) is 2.87. The van der Waals surface area contributed by atoms with Crippen LogP contribution in [-0.2, 0) is 27.1 Å². The predicted molar refractivity (Wildman–Crippen MR) is 89.0 cm³/mol. The van der Waals surface area contributed by atoms with E-state index in [1.165, 1.54) is 0 Å². The third kappa shape index (κ3) is 6.65. The molecule has 5 atom stereocenters. The van der Waals surface area contributed by atoms with Crippen LogP contribution in [0.1, 0.15) is 12.6 Å². The van der Waals surface area contributed by atoms with Gasteiger partial charge in [0.05, 0.1) is 18.9 Å². The lowest BCUT2D eigenvalue weighted by atomic mass is 10.2. The first-order valence-electron chi connectivity index (χ1n) is 7.29. The molecular formula is C9H16N3O14P3. The van der Waals surface area contributed by atoms with Gasteiger partial charge in [0.1, 0.15) is 6.10 Å². The molecule has 0 aliphatic carbocycles. The van der Waals surface area contributed by atoms with E-state index in [2.05, 4.69) is 18.1 Å². The van der Waals surface area contributed by atoms with Crippen LogP contribution in [0.25, 0.3) is 0 Å². The Labute approximate surface area is 160 Å². The zero-order valence-corrected chi connectivity index (χ0v) is 16.7. The van der Waals surface area contributed by atoms with Gasteiger partial charge in [0.15, 0.2) is 17.8 Å². The molecule has 8 N–H and O–H groups in total. The van der Waals surface area contributed by atoms with E-state index in [-0.39, 0.29) is 6.42 Å². The van der Waals surface area contributed by atoms with Gasteiger partial charge in [0.2, 0.25) is 0 Å². The number of aliphatic hydroxyl groups excluding tert-OH is 2. The second-order valence-corrected chi connectivity index (χ2v) is 9.84. The van der Waals surface area contributed by atoms with Gasteiger partial charge >= 0.3 is 29.2 Å². The molecule has 0 amide bonds. The molecule has 2 rings (SSSR count). The number of nitrogen functional groups attached to an aromatic ring is 1. The van der Waals surface area contributed by atoms with Crippen LogP contribution in [0.15, 0.2) is 11.0 Å². The number of aliphatic hydroxyl groups is 2. The van der Waals surface area contributed by atoms with Crippen molar-refractivity contribution in [2.45, 2.75) is 24.9 Å². The lowest BCUT2D eigenvalue weighted by Crippen LogP contribution is -2.32. The van der Waals surface area contributed by atoms with Crippen molar-refractivity contribution in [1.29, 1.82) is 0 Å². The van der Waals surface area contributed by atoms with Crippen molar-refractivity contribution in [3.63, 3.8) is 0 Å². The van der Waals surface area contributed by atoms with Crippen LogP contribution >= 0.6 is 23.5 Å². The number of phosphoric ester groups is 1. The lowest BCUT2D eigenvalue weighted by Gasteiger charge is -2.20. The van der Waals surface area contributed by atoms with E-state index in [1.807, 2.05) is 0 Å². The Morgan fingerprint density at radius 2 is 1.83 bits per heavy atom. The molecule has 2 heterocycles. The summed E-state index contributed by atoms with van der Waals surface area (Å²) >= 11 is 0. The van der Waals surface area contributed by atoms with E-state index in [0.717, 1.165) is 0 Å². The Morgan fingerprint density at radius 3 is 2.34 bits per heavy atom. The number of anilines is 1. The van der Waals surface area contributed by atoms with Gasteiger partial charge in [-0.1, -0.05) is 0 Å². The van der Waals surface area contributed by atoms with Crippen LogP contribution in [0.3, 0.4) is 0 Å². The standard InChI is InChI=1S/C9H16N3O14P3/c10-7-6(24-28(19,20)26-29(21,22)25-27(16,17)18)2-12(9(15)11-7)8-5(14)1-4(3-13)23-8/h2,4-5,8,13-14H,1,3H2,(H,19,20)(H,21,22)(H2,10,11,15)(H2,16,17,18)/t4-,5+,8+/m0/s1. The third-order valence-electron chi connectivity index (χ3n) is 3.22. The molecule has 0 aromatic carbocycles. The van der Waals surface area contributed by atoms with E-state index < -0.39 is 65.8 Å². The number of phosphoric acid groups is 3. The highest BCUT2D eigenvalue weighted by atomic mass is 31.3. The van der Waals surface area contributed by atoms with Crippen LogP contribution in [-0.4, -0.2) is 58.2 Å². The summed E-state index contributed by atoms with van der Waals surface area (Å²) in [4.78, 5) is 50.9. The molecule has 0 saturated carbocycles. The Hall–Kier alpha value is -1.19. The normalized spacial score (nSPS) is 26.6. The molecule has 2 unspecified atom stereocenters. The number of aromatic nitrogens is 2. The highest BCUT2D eigenvalue weighted by Gasteiger charge is 2.42. The van der Waals surface area contributed by atoms with Gasteiger partial charge in [-0.2, -0.15) is 13.6 Å². The van der Waals surface area contributed by atoms with E-state index in [4.69, 9.17) is 30.3 Å². The topological polar surface area (TPSA) is 270 Å². The molecular weight excluding hydrogens is 467 g/mol. The molecule has 1 aliphatic heterocycles. The number of nitrogens with two attached hydrogens (primary N) is 1. The molecule has 0 radical (unpaired) electrons. The van der Waals surface area contributed by atoms with Crippen LogP contribution in [0.5, 0.6) is 5.75 Å². The monoisotopic (exact) mass is 483 g/mol. The molecule has 29 heavy (non-hydrogen) atoms. The minimum atomic E-state index is -5.78. The predicted octanol–water partition coefficient (Wildman–Crippen LogP) is -1.83. The van der Waals surface area contributed by atoms with Gasteiger partial charge in [-0.3, -0.25) is 9.46 Å². The summed E-state index contributed by atoms with van der Waals surface area (Å²) in [6.07, 6.45) is -2.87. The quantitative estimate of drug-likeness (QED) is 0.200.